The predicted octanol–water partition coefficient (Wildman–Crippen LogP) is 3.67. The van der Waals surface area contributed by atoms with Crippen molar-refractivity contribution < 1.29 is 0 Å². The van der Waals surface area contributed by atoms with Crippen molar-refractivity contribution in [1.82, 2.24) is 0 Å². The molecule has 81 valence electrons. The Hall–Kier alpha value is -1.00. The van der Waals surface area contributed by atoms with Crippen LogP contribution in [0.4, 0.5) is 0 Å². The fourth-order valence-electron chi connectivity index (χ4n) is 2.29. The summed E-state index contributed by atoms with van der Waals surface area (Å²) in [4.78, 5) is 0. The first-order valence-electron chi connectivity index (χ1n) is 4.92. The molecule has 1 aliphatic rings. The summed E-state index contributed by atoms with van der Waals surface area (Å²) in [5.74, 6) is 4.52. The average molecular weight is 415 g/mol. The number of hydrogen-bond donors (Lipinski definition) is 0. The quantitative estimate of drug-likeness (QED) is 0.574. The molecule has 0 spiro atoms. The fraction of sp³-hybridized carbons (Fsp3) is 0.909. The molecular weight excluding hydrogens is 394 g/mol. The van der Waals surface area contributed by atoms with Gasteiger partial charge in [0.25, 0.3) is 0 Å². The fourth-order valence-corrected chi connectivity index (χ4v) is 2.29. The Balaban J connectivity index is 0.00000121. The van der Waals surface area contributed by atoms with Crippen LogP contribution in [0.1, 0.15) is 47.0 Å². The average Bonchev–Trinajstić information content (AvgIpc) is 1.94. The molecule has 0 nitrogen and oxygen atoms in total. The first-order valence-corrected chi connectivity index (χ1v) is 4.92. The smallest absolute Gasteiger partial charge is 0 e. The van der Waals surface area contributed by atoms with Crippen LogP contribution < -0.4 is 0 Å². The van der Waals surface area contributed by atoms with Gasteiger partial charge in [-0.05, 0) is 11.8 Å². The van der Waals surface area contributed by atoms with E-state index in [9.17, 15) is 0 Å². The Morgan fingerprint density at radius 1 is 1.33 bits per heavy atom. The number of hydrogen-bond acceptors (Lipinski definition) is 0. The van der Waals surface area contributed by atoms with Crippen molar-refractivity contribution in [1.29, 1.82) is 0 Å². The van der Waals surface area contributed by atoms with E-state index in [0.29, 0.717) is 0 Å². The SMILES string of the molecule is C[C-]1CC[C@@H](C)[C@H](C(C)C)C1.[Lr]. The predicted molar refractivity (Wildman–Crippen MR) is 50.3 cm³/mol. The summed E-state index contributed by atoms with van der Waals surface area (Å²) >= 11 is 0. The second-order valence-electron chi connectivity index (χ2n) is 4.59. The maximum absolute atomic E-state index is 2.41. The van der Waals surface area contributed by atoms with Gasteiger partial charge in [0.2, 0.25) is 0 Å². The van der Waals surface area contributed by atoms with E-state index in [-0.39, 0.29) is 0 Å². The second-order valence-corrected chi connectivity index (χ2v) is 4.59. The minimum absolute atomic E-state index is 0. The summed E-state index contributed by atoms with van der Waals surface area (Å²) in [7, 11) is 0. The molecule has 0 unspecified atom stereocenters. The molecule has 1 rings (SSSR count). The summed E-state index contributed by atoms with van der Waals surface area (Å²) in [6.45, 7) is 9.46. The Bertz CT molecular complexity index is 120. The molecule has 0 saturated heterocycles. The van der Waals surface area contributed by atoms with E-state index >= 15 is 0 Å². The standard InChI is InChI=1S/C11H21.Lr/c1-8(2)11-7-9(3)5-6-10(11)4;/h8,10-11H,5-7H2,1-4H3;/q-1;/t10-,11+;/m1./s1. The normalized spacial score (nSPS) is 31.8. The van der Waals surface area contributed by atoms with Crippen molar-refractivity contribution in [2.24, 2.45) is 17.8 Å². The molecule has 1 heteroatoms. The third kappa shape index (κ3) is 2.25. The summed E-state index contributed by atoms with van der Waals surface area (Å²) in [5, 5.41) is 0. The molecule has 0 aromatic carbocycles. The van der Waals surface area contributed by atoms with Gasteiger partial charge in [0.15, 0.2) is 0 Å². The van der Waals surface area contributed by atoms with Gasteiger partial charge in [0, 0.05) is 0 Å². The van der Waals surface area contributed by atoms with E-state index < -0.39 is 0 Å². The van der Waals surface area contributed by atoms with Crippen LogP contribution in [0, 0.1) is 23.7 Å². The second kappa shape index (κ2) is 4.13. The van der Waals surface area contributed by atoms with Crippen molar-refractivity contribution in [3.8, 4) is 0 Å². The zero-order chi connectivity index (χ0) is 8.43. The Morgan fingerprint density at radius 2 is 1.92 bits per heavy atom. The van der Waals surface area contributed by atoms with E-state index in [0.717, 1.165) is 17.8 Å². The molecule has 0 amide bonds. The molecule has 1 radical (unpaired) electrons. The van der Waals surface area contributed by atoms with E-state index in [1.807, 2.05) is 0 Å². The molecule has 0 aromatic rings. The summed E-state index contributed by atoms with van der Waals surface area (Å²) < 4.78 is 0. The largest absolute Gasteiger partial charge is 0.316 e. The molecule has 0 aromatic heterocycles. The van der Waals surface area contributed by atoms with Crippen LogP contribution >= 0.6 is 0 Å². The van der Waals surface area contributed by atoms with Crippen LogP contribution in [0.3, 0.4) is 0 Å². The van der Waals surface area contributed by atoms with E-state index in [1.165, 1.54) is 19.3 Å². The van der Waals surface area contributed by atoms with Gasteiger partial charge in [-0.3, -0.25) is 0 Å². The van der Waals surface area contributed by atoms with Gasteiger partial charge in [-0.1, -0.05) is 33.1 Å². The summed E-state index contributed by atoms with van der Waals surface area (Å²) in [5.41, 5.74) is 0. The zero-order valence-corrected chi connectivity index (χ0v) is 10.8. The minimum Gasteiger partial charge on any atom is -0.316 e. The maximum Gasteiger partial charge on any atom is 0 e. The molecule has 1 fully saturated rings. The number of rotatable bonds is 1. The zero-order valence-electron chi connectivity index (χ0n) is 8.61. The van der Waals surface area contributed by atoms with E-state index in [2.05, 4.69) is 27.7 Å². The van der Waals surface area contributed by atoms with Gasteiger partial charge in [-0.25, -0.2) is 0 Å². The Labute approximate surface area is 71.4 Å². The Kier molecular flexibility index (Phi) is 3.79. The van der Waals surface area contributed by atoms with Crippen molar-refractivity contribution in [2.45, 2.75) is 47.0 Å². The molecule has 1 aliphatic carbocycles. The van der Waals surface area contributed by atoms with Crippen LogP contribution in [-0.2, 0) is 0 Å². The molecule has 0 heterocycles. The van der Waals surface area contributed by atoms with Crippen molar-refractivity contribution >= 4 is 0 Å². The van der Waals surface area contributed by atoms with Gasteiger partial charge in [-0.15, -0.1) is 0 Å². The third-order valence-corrected chi connectivity index (χ3v) is 3.20. The molecule has 0 aliphatic heterocycles. The molecule has 2 atom stereocenters. The van der Waals surface area contributed by atoms with Gasteiger partial charge >= 0.3 is 0 Å². The third-order valence-electron chi connectivity index (χ3n) is 3.20. The van der Waals surface area contributed by atoms with E-state index in [4.69, 9.17) is 0 Å². The van der Waals surface area contributed by atoms with Crippen molar-refractivity contribution in [3.05, 3.63) is 5.92 Å². The van der Waals surface area contributed by atoms with Crippen LogP contribution in [0.2, 0.25) is 0 Å². The first kappa shape index (κ1) is 11.0. The van der Waals surface area contributed by atoms with Crippen LogP contribution in [0.15, 0.2) is 0 Å². The van der Waals surface area contributed by atoms with Crippen molar-refractivity contribution in [2.75, 3.05) is 0 Å². The Morgan fingerprint density at radius 3 is 2.33 bits per heavy atom. The molecular formula is C11H21Lr-. The minimum atomic E-state index is 0. The van der Waals surface area contributed by atoms with Crippen molar-refractivity contribution in [3.63, 3.8) is 0 Å². The van der Waals surface area contributed by atoms with Crippen LogP contribution in [-0.4, -0.2) is 0 Å². The van der Waals surface area contributed by atoms with Crippen LogP contribution in [0.5, 0.6) is 0 Å². The van der Waals surface area contributed by atoms with Gasteiger partial charge in [0.1, 0.15) is 0 Å². The maximum atomic E-state index is 2.41. The first-order chi connectivity index (χ1) is 5.11. The monoisotopic (exact) mass is 415 g/mol. The molecule has 1 saturated carbocycles. The van der Waals surface area contributed by atoms with E-state index in [1.54, 1.807) is 5.92 Å². The summed E-state index contributed by atoms with van der Waals surface area (Å²) in [6.07, 6.45) is 4.19. The van der Waals surface area contributed by atoms with Gasteiger partial charge in [-0.2, -0.15) is 19.8 Å². The van der Waals surface area contributed by atoms with Gasteiger partial charge in [0.05, 0.1) is 0 Å². The van der Waals surface area contributed by atoms with Gasteiger partial charge < -0.3 is 5.92 Å². The topological polar surface area (TPSA) is 0 Å². The van der Waals surface area contributed by atoms with Crippen LogP contribution in [0.25, 0.3) is 0 Å². The summed E-state index contributed by atoms with van der Waals surface area (Å²) in [6, 6.07) is 0. The molecule has 0 bridgehead atoms. The molecule has 0 N–H and O–H groups in total. The molecule has 12 heavy (non-hydrogen) atoms.